The third-order valence-corrected chi connectivity index (χ3v) is 2.44. The normalized spacial score (nSPS) is 11.4. The fourth-order valence-electron chi connectivity index (χ4n) is 1.56. The number of hydrogen-bond donors (Lipinski definition) is 1. The van der Waals surface area contributed by atoms with E-state index < -0.39 is 0 Å². The number of hydrogen-bond acceptors (Lipinski definition) is 5. The zero-order valence-corrected chi connectivity index (χ0v) is 10.6. The molecule has 19 heavy (non-hydrogen) atoms. The van der Waals surface area contributed by atoms with E-state index in [9.17, 15) is 0 Å². The highest BCUT2D eigenvalue weighted by Crippen LogP contribution is 2.12. The van der Waals surface area contributed by atoms with E-state index in [2.05, 4.69) is 15.3 Å². The van der Waals surface area contributed by atoms with Gasteiger partial charge in [0.25, 0.3) is 0 Å². The molecule has 0 aliphatic rings. The van der Waals surface area contributed by atoms with Crippen LogP contribution in [0.3, 0.4) is 0 Å². The Bertz CT molecular complexity index is 565. The molecule has 1 aromatic carbocycles. The van der Waals surface area contributed by atoms with Crippen LogP contribution in [0.4, 0.5) is 5.82 Å². The zero-order chi connectivity index (χ0) is 13.5. The topological polar surface area (TPSA) is 70.8 Å². The van der Waals surface area contributed by atoms with Crippen molar-refractivity contribution in [3.63, 3.8) is 0 Å². The van der Waals surface area contributed by atoms with Gasteiger partial charge in [-0.25, -0.2) is 9.97 Å². The Hall–Kier alpha value is -2.61. The molecule has 0 aliphatic heterocycles. The molecule has 1 aromatic heterocycles. The molecule has 1 atom stereocenters. The molecule has 0 bridgehead atoms. The van der Waals surface area contributed by atoms with E-state index in [0.29, 0.717) is 12.4 Å². The maximum Gasteiger partial charge on any atom is 0.182 e. The smallest absolute Gasteiger partial charge is 0.182 e. The largest absolute Gasteiger partial charge is 0.489 e. The second-order valence-electron chi connectivity index (χ2n) is 3.99. The van der Waals surface area contributed by atoms with Crippen LogP contribution in [0, 0.1) is 11.3 Å². The molecule has 0 fully saturated rings. The van der Waals surface area contributed by atoms with Crippen molar-refractivity contribution in [2.24, 2.45) is 0 Å². The molecule has 0 saturated carbocycles. The van der Waals surface area contributed by atoms with Crippen LogP contribution >= 0.6 is 0 Å². The van der Waals surface area contributed by atoms with Gasteiger partial charge < -0.3 is 10.1 Å². The van der Waals surface area contributed by atoms with E-state index in [0.717, 1.165) is 5.75 Å². The fourth-order valence-corrected chi connectivity index (χ4v) is 1.56. The van der Waals surface area contributed by atoms with Crippen LogP contribution in [0.15, 0.2) is 42.7 Å². The van der Waals surface area contributed by atoms with Crippen molar-refractivity contribution in [2.45, 2.75) is 13.0 Å². The molecule has 1 unspecified atom stereocenters. The molecule has 2 aromatic rings. The molecule has 1 heterocycles. The first kappa shape index (κ1) is 12.8. The summed E-state index contributed by atoms with van der Waals surface area (Å²) in [4.78, 5) is 8.01. The highest BCUT2D eigenvalue weighted by atomic mass is 16.5. The van der Waals surface area contributed by atoms with Gasteiger partial charge in [0.15, 0.2) is 11.5 Å². The van der Waals surface area contributed by atoms with Crippen LogP contribution in [-0.4, -0.2) is 22.6 Å². The molecule has 0 spiro atoms. The van der Waals surface area contributed by atoms with Crippen molar-refractivity contribution in [2.75, 3.05) is 11.9 Å². The summed E-state index contributed by atoms with van der Waals surface area (Å²) < 4.78 is 5.72. The quantitative estimate of drug-likeness (QED) is 0.885. The average Bonchev–Trinajstić information content (AvgIpc) is 2.46. The van der Waals surface area contributed by atoms with Crippen molar-refractivity contribution >= 4 is 5.82 Å². The fraction of sp³-hybridized carbons (Fsp3) is 0.214. The molecule has 0 aliphatic carbocycles. The third kappa shape index (κ3) is 3.68. The maximum absolute atomic E-state index is 8.90. The van der Waals surface area contributed by atoms with Crippen LogP contribution in [0.2, 0.25) is 0 Å². The minimum atomic E-state index is -0.0454. The van der Waals surface area contributed by atoms with Gasteiger partial charge in [-0.3, -0.25) is 0 Å². The Labute approximate surface area is 111 Å². The van der Waals surface area contributed by atoms with Crippen molar-refractivity contribution in [3.8, 4) is 11.8 Å². The SMILES string of the molecule is CC(CNc1nccnc1C#N)Oc1ccccc1. The lowest BCUT2D eigenvalue weighted by atomic mass is 10.3. The second-order valence-corrected chi connectivity index (χ2v) is 3.99. The molecule has 5 nitrogen and oxygen atoms in total. The lowest BCUT2D eigenvalue weighted by molar-refractivity contribution is 0.234. The van der Waals surface area contributed by atoms with Crippen molar-refractivity contribution < 1.29 is 4.74 Å². The number of nitrogens with zero attached hydrogens (tertiary/aromatic N) is 3. The van der Waals surface area contributed by atoms with Crippen molar-refractivity contribution in [1.82, 2.24) is 9.97 Å². The van der Waals surface area contributed by atoms with E-state index in [-0.39, 0.29) is 11.8 Å². The lowest BCUT2D eigenvalue weighted by Crippen LogP contribution is -2.23. The van der Waals surface area contributed by atoms with Crippen LogP contribution in [0.1, 0.15) is 12.6 Å². The highest BCUT2D eigenvalue weighted by Gasteiger charge is 2.07. The van der Waals surface area contributed by atoms with Gasteiger partial charge in [0.05, 0.1) is 6.54 Å². The Morgan fingerprint density at radius 1 is 1.26 bits per heavy atom. The second kappa shape index (κ2) is 6.36. The predicted molar refractivity (Wildman–Crippen MR) is 71.8 cm³/mol. The molecule has 5 heteroatoms. The molecule has 0 radical (unpaired) electrons. The van der Waals surface area contributed by atoms with E-state index in [1.165, 1.54) is 6.20 Å². The monoisotopic (exact) mass is 254 g/mol. The number of aromatic nitrogens is 2. The summed E-state index contributed by atoms with van der Waals surface area (Å²) in [5.41, 5.74) is 0.286. The summed E-state index contributed by atoms with van der Waals surface area (Å²) >= 11 is 0. The van der Waals surface area contributed by atoms with E-state index in [4.69, 9.17) is 10.00 Å². The number of benzene rings is 1. The summed E-state index contributed by atoms with van der Waals surface area (Å²) in [6.45, 7) is 2.49. The summed E-state index contributed by atoms with van der Waals surface area (Å²) in [5, 5.41) is 12.0. The summed E-state index contributed by atoms with van der Waals surface area (Å²) in [5.74, 6) is 1.30. The van der Waals surface area contributed by atoms with Gasteiger partial charge in [-0.05, 0) is 19.1 Å². The standard InChI is InChI=1S/C14H14N4O/c1-11(19-12-5-3-2-4-6-12)10-18-14-13(9-15)16-7-8-17-14/h2-8,11H,10H2,1H3,(H,17,18). The van der Waals surface area contributed by atoms with Gasteiger partial charge in [-0.1, -0.05) is 18.2 Å². The molecular weight excluding hydrogens is 240 g/mol. The summed E-state index contributed by atoms with van der Waals surface area (Å²) in [7, 11) is 0. The number of nitriles is 1. The van der Waals surface area contributed by atoms with Gasteiger partial charge in [0, 0.05) is 12.4 Å². The average molecular weight is 254 g/mol. The third-order valence-electron chi connectivity index (χ3n) is 2.44. The zero-order valence-electron chi connectivity index (χ0n) is 10.6. The molecule has 2 rings (SSSR count). The molecule has 1 N–H and O–H groups in total. The number of rotatable bonds is 5. The van der Waals surface area contributed by atoms with Gasteiger partial charge in [-0.2, -0.15) is 5.26 Å². The first-order valence-corrected chi connectivity index (χ1v) is 5.96. The number of ether oxygens (including phenoxy) is 1. The Morgan fingerprint density at radius 3 is 2.74 bits per heavy atom. The first-order valence-electron chi connectivity index (χ1n) is 5.96. The summed E-state index contributed by atoms with van der Waals surface area (Å²) in [6, 6.07) is 11.6. The van der Waals surface area contributed by atoms with Crippen molar-refractivity contribution in [1.29, 1.82) is 5.26 Å². The van der Waals surface area contributed by atoms with Crippen LogP contribution in [0.25, 0.3) is 0 Å². The first-order chi connectivity index (χ1) is 9.29. The van der Waals surface area contributed by atoms with E-state index in [1.807, 2.05) is 43.3 Å². The molecule has 0 saturated heterocycles. The minimum absolute atomic E-state index is 0.0454. The van der Waals surface area contributed by atoms with Crippen LogP contribution in [-0.2, 0) is 0 Å². The van der Waals surface area contributed by atoms with E-state index in [1.54, 1.807) is 6.20 Å². The lowest BCUT2D eigenvalue weighted by Gasteiger charge is -2.15. The molecular formula is C14H14N4O. The molecule has 0 amide bonds. The number of para-hydroxylation sites is 1. The Kier molecular flexibility index (Phi) is 4.29. The number of anilines is 1. The number of nitrogens with one attached hydrogen (secondary N) is 1. The van der Waals surface area contributed by atoms with Gasteiger partial charge >= 0.3 is 0 Å². The van der Waals surface area contributed by atoms with Crippen molar-refractivity contribution in [3.05, 3.63) is 48.4 Å². The highest BCUT2D eigenvalue weighted by molar-refractivity contribution is 5.46. The Morgan fingerprint density at radius 2 is 2.00 bits per heavy atom. The minimum Gasteiger partial charge on any atom is -0.489 e. The predicted octanol–water partition coefficient (Wildman–Crippen LogP) is 2.23. The summed E-state index contributed by atoms with van der Waals surface area (Å²) in [6.07, 6.45) is 3.00. The molecule has 96 valence electrons. The van der Waals surface area contributed by atoms with Gasteiger partial charge in [0.1, 0.15) is 17.9 Å². The van der Waals surface area contributed by atoms with Gasteiger partial charge in [-0.15, -0.1) is 0 Å². The maximum atomic E-state index is 8.90. The van der Waals surface area contributed by atoms with Crippen LogP contribution < -0.4 is 10.1 Å². The Balaban J connectivity index is 1.90. The van der Waals surface area contributed by atoms with Gasteiger partial charge in [0.2, 0.25) is 0 Å². The van der Waals surface area contributed by atoms with E-state index >= 15 is 0 Å². The van der Waals surface area contributed by atoms with Crippen LogP contribution in [0.5, 0.6) is 5.75 Å².